The quantitative estimate of drug-likeness (QED) is 0.831. The van der Waals surface area contributed by atoms with Crippen LogP contribution in [-0.4, -0.2) is 21.1 Å². The van der Waals surface area contributed by atoms with Crippen molar-refractivity contribution < 1.29 is 0 Å². The molecule has 0 aliphatic heterocycles. The van der Waals surface area contributed by atoms with E-state index in [1.165, 1.54) is 5.56 Å². The number of hydrogen-bond donors (Lipinski definition) is 1. The third-order valence-electron chi connectivity index (χ3n) is 2.51. The minimum Gasteiger partial charge on any atom is -0.330 e. The molecule has 0 aliphatic carbocycles. The van der Waals surface area contributed by atoms with E-state index in [1.807, 2.05) is 16.8 Å². The summed E-state index contributed by atoms with van der Waals surface area (Å²) in [7, 11) is 0. The van der Waals surface area contributed by atoms with Gasteiger partial charge in [-0.1, -0.05) is 20.8 Å². The molecule has 0 fully saturated rings. The monoisotopic (exact) mass is 218 g/mol. The van der Waals surface area contributed by atoms with Gasteiger partial charge in [-0.15, -0.1) is 0 Å². The lowest BCUT2D eigenvalue weighted by atomic mass is 9.96. The molecule has 0 aromatic carbocycles. The van der Waals surface area contributed by atoms with Crippen LogP contribution in [-0.2, 0) is 11.8 Å². The summed E-state index contributed by atoms with van der Waals surface area (Å²) >= 11 is 0. The summed E-state index contributed by atoms with van der Waals surface area (Å²) in [6.45, 7) is 7.00. The lowest BCUT2D eigenvalue weighted by Crippen LogP contribution is -2.13. The van der Waals surface area contributed by atoms with Gasteiger partial charge in [0.2, 0.25) is 0 Å². The highest BCUT2D eigenvalue weighted by atomic mass is 15.3. The summed E-state index contributed by atoms with van der Waals surface area (Å²) in [6, 6.07) is 4.09. The Labute approximate surface area is 95.5 Å². The minimum atomic E-state index is -0.0138. The van der Waals surface area contributed by atoms with Crippen LogP contribution in [0, 0.1) is 0 Å². The fraction of sp³-hybridized carbons (Fsp3) is 0.500. The molecule has 2 aromatic rings. The summed E-state index contributed by atoms with van der Waals surface area (Å²) in [6.07, 6.45) is 2.83. The Kier molecular flexibility index (Phi) is 2.68. The molecule has 0 saturated heterocycles. The van der Waals surface area contributed by atoms with Crippen molar-refractivity contribution in [1.82, 2.24) is 14.6 Å². The van der Waals surface area contributed by atoms with Crippen LogP contribution in [0.2, 0.25) is 0 Å². The van der Waals surface area contributed by atoms with Gasteiger partial charge in [0.05, 0.1) is 0 Å². The lowest BCUT2D eigenvalue weighted by Gasteiger charge is -2.11. The molecule has 2 aromatic heterocycles. The van der Waals surface area contributed by atoms with E-state index in [4.69, 9.17) is 5.73 Å². The maximum absolute atomic E-state index is 5.54. The molecule has 86 valence electrons. The standard InChI is InChI=1S/C12H18N4/c1-12(2,3)11-14-10-8-9(4-6-13)5-7-16(10)15-11/h5,7-8H,4,6,13H2,1-3H3. The van der Waals surface area contributed by atoms with Gasteiger partial charge in [0, 0.05) is 11.6 Å². The third-order valence-corrected chi connectivity index (χ3v) is 2.51. The largest absolute Gasteiger partial charge is 0.330 e. The predicted molar refractivity (Wildman–Crippen MR) is 64.4 cm³/mol. The first-order valence-corrected chi connectivity index (χ1v) is 5.56. The topological polar surface area (TPSA) is 56.2 Å². The van der Waals surface area contributed by atoms with Gasteiger partial charge in [-0.05, 0) is 30.7 Å². The van der Waals surface area contributed by atoms with Crippen LogP contribution in [0.15, 0.2) is 18.3 Å². The van der Waals surface area contributed by atoms with E-state index in [9.17, 15) is 0 Å². The van der Waals surface area contributed by atoms with Crippen LogP contribution in [0.5, 0.6) is 0 Å². The number of hydrogen-bond acceptors (Lipinski definition) is 3. The lowest BCUT2D eigenvalue weighted by molar-refractivity contribution is 0.545. The maximum atomic E-state index is 5.54. The molecular formula is C12H18N4. The van der Waals surface area contributed by atoms with Gasteiger partial charge in [-0.25, -0.2) is 9.50 Å². The van der Waals surface area contributed by atoms with Crippen molar-refractivity contribution in [3.05, 3.63) is 29.7 Å². The van der Waals surface area contributed by atoms with Crippen LogP contribution in [0.3, 0.4) is 0 Å². The summed E-state index contributed by atoms with van der Waals surface area (Å²) < 4.78 is 1.82. The van der Waals surface area contributed by atoms with Crippen molar-refractivity contribution in [3.63, 3.8) is 0 Å². The number of fused-ring (bicyclic) bond motifs is 1. The summed E-state index contributed by atoms with van der Waals surface area (Å²) in [5.74, 6) is 0.873. The van der Waals surface area contributed by atoms with Gasteiger partial charge >= 0.3 is 0 Å². The second-order valence-corrected chi connectivity index (χ2v) is 5.06. The summed E-state index contributed by atoms with van der Waals surface area (Å²) in [5.41, 5.74) is 7.63. The van der Waals surface area contributed by atoms with Crippen molar-refractivity contribution in [2.75, 3.05) is 6.54 Å². The molecular weight excluding hydrogens is 200 g/mol. The average molecular weight is 218 g/mol. The van der Waals surface area contributed by atoms with E-state index in [1.54, 1.807) is 0 Å². The SMILES string of the molecule is CC(C)(C)c1nc2cc(CCN)ccn2n1. The van der Waals surface area contributed by atoms with Crippen molar-refractivity contribution in [2.45, 2.75) is 32.6 Å². The second kappa shape index (κ2) is 3.87. The third kappa shape index (κ3) is 2.07. The normalized spacial score (nSPS) is 12.2. The number of pyridine rings is 1. The van der Waals surface area contributed by atoms with Crippen LogP contribution in [0.4, 0.5) is 0 Å². The van der Waals surface area contributed by atoms with E-state index in [0.717, 1.165) is 17.9 Å². The molecule has 2 heterocycles. The van der Waals surface area contributed by atoms with Crippen LogP contribution in [0.1, 0.15) is 32.2 Å². The van der Waals surface area contributed by atoms with Crippen molar-refractivity contribution in [3.8, 4) is 0 Å². The van der Waals surface area contributed by atoms with E-state index >= 15 is 0 Å². The highest BCUT2D eigenvalue weighted by Crippen LogP contribution is 2.19. The molecule has 0 aliphatic rings. The molecule has 0 saturated carbocycles. The number of nitrogens with zero attached hydrogens (tertiary/aromatic N) is 3. The van der Waals surface area contributed by atoms with Crippen LogP contribution in [0.25, 0.3) is 5.65 Å². The molecule has 2 rings (SSSR count). The Balaban J connectivity index is 2.46. The molecule has 16 heavy (non-hydrogen) atoms. The van der Waals surface area contributed by atoms with E-state index in [0.29, 0.717) is 6.54 Å². The first kappa shape index (κ1) is 11.1. The van der Waals surface area contributed by atoms with Gasteiger partial charge in [-0.2, -0.15) is 5.10 Å². The molecule has 2 N–H and O–H groups in total. The average Bonchev–Trinajstić information content (AvgIpc) is 2.60. The number of aromatic nitrogens is 3. The highest BCUT2D eigenvalue weighted by Gasteiger charge is 2.19. The first-order chi connectivity index (χ1) is 7.50. The van der Waals surface area contributed by atoms with E-state index < -0.39 is 0 Å². The van der Waals surface area contributed by atoms with Gasteiger partial charge < -0.3 is 5.73 Å². The van der Waals surface area contributed by atoms with Crippen molar-refractivity contribution in [2.24, 2.45) is 5.73 Å². The van der Waals surface area contributed by atoms with Gasteiger partial charge in [0.25, 0.3) is 0 Å². The first-order valence-electron chi connectivity index (χ1n) is 5.56. The van der Waals surface area contributed by atoms with Gasteiger partial charge in [-0.3, -0.25) is 0 Å². The Morgan fingerprint density at radius 1 is 1.38 bits per heavy atom. The van der Waals surface area contributed by atoms with Crippen LogP contribution >= 0.6 is 0 Å². The highest BCUT2D eigenvalue weighted by molar-refractivity contribution is 5.41. The molecule has 0 unspecified atom stereocenters. The summed E-state index contributed by atoms with van der Waals surface area (Å²) in [4.78, 5) is 4.54. The molecule has 0 amide bonds. The minimum absolute atomic E-state index is 0.0138. The molecule has 4 heteroatoms. The zero-order valence-corrected chi connectivity index (χ0v) is 10.1. The molecule has 4 nitrogen and oxygen atoms in total. The maximum Gasteiger partial charge on any atom is 0.157 e. The summed E-state index contributed by atoms with van der Waals surface area (Å²) in [5, 5.41) is 4.46. The zero-order valence-electron chi connectivity index (χ0n) is 10.1. The number of rotatable bonds is 2. The van der Waals surface area contributed by atoms with E-state index in [2.05, 4.69) is 36.9 Å². The molecule has 0 radical (unpaired) electrons. The molecule has 0 bridgehead atoms. The number of nitrogens with two attached hydrogens (primary N) is 1. The zero-order chi connectivity index (χ0) is 11.8. The van der Waals surface area contributed by atoms with Crippen molar-refractivity contribution >= 4 is 5.65 Å². The second-order valence-electron chi connectivity index (χ2n) is 5.06. The Hall–Kier alpha value is -1.42. The van der Waals surface area contributed by atoms with E-state index in [-0.39, 0.29) is 5.41 Å². The predicted octanol–water partition coefficient (Wildman–Crippen LogP) is 1.53. The smallest absolute Gasteiger partial charge is 0.157 e. The van der Waals surface area contributed by atoms with Crippen molar-refractivity contribution in [1.29, 1.82) is 0 Å². The molecule has 0 atom stereocenters. The fourth-order valence-corrected chi connectivity index (χ4v) is 1.56. The van der Waals surface area contributed by atoms with Gasteiger partial charge in [0.1, 0.15) is 0 Å². The molecule has 0 spiro atoms. The Bertz CT molecular complexity index is 493. The van der Waals surface area contributed by atoms with Crippen LogP contribution < -0.4 is 5.73 Å². The Morgan fingerprint density at radius 3 is 2.75 bits per heavy atom. The Morgan fingerprint density at radius 2 is 2.12 bits per heavy atom. The van der Waals surface area contributed by atoms with Gasteiger partial charge in [0.15, 0.2) is 11.5 Å². The fourth-order valence-electron chi connectivity index (χ4n) is 1.56.